The molecule has 1 unspecified atom stereocenters. The molecule has 0 fully saturated rings. The van der Waals surface area contributed by atoms with Crippen LogP contribution in [0.5, 0.6) is 0 Å². The SMILES string of the molecule is CCCCC(C)(CC)C(=O)Nc1ccc([N+](=O)[O-])c(C(F)(F)F)c1. The van der Waals surface area contributed by atoms with Crippen LogP contribution in [-0.4, -0.2) is 10.8 Å². The van der Waals surface area contributed by atoms with E-state index >= 15 is 0 Å². The molecule has 1 aromatic rings. The number of benzene rings is 1. The van der Waals surface area contributed by atoms with Gasteiger partial charge in [-0.3, -0.25) is 14.9 Å². The Balaban J connectivity index is 3.11. The molecule has 0 saturated carbocycles. The first-order chi connectivity index (χ1) is 11.0. The number of alkyl halides is 3. The minimum Gasteiger partial charge on any atom is -0.326 e. The standard InChI is InChI=1S/C16H21F3N2O3/c1-4-6-9-15(3,5-2)14(22)20-11-7-8-13(21(23)24)12(10-11)16(17,18)19/h7-8,10H,4-6,9H2,1-3H3,(H,20,22). The van der Waals surface area contributed by atoms with Gasteiger partial charge in [0, 0.05) is 17.2 Å². The third kappa shape index (κ3) is 4.69. The fraction of sp³-hybridized carbons (Fsp3) is 0.562. The normalized spacial score (nSPS) is 14.1. The Hall–Kier alpha value is -2.12. The third-order valence-electron chi connectivity index (χ3n) is 4.17. The summed E-state index contributed by atoms with van der Waals surface area (Å²) in [5.41, 5.74) is -3.22. The number of nitrogens with zero attached hydrogens (tertiary/aromatic N) is 1. The summed E-state index contributed by atoms with van der Waals surface area (Å²) in [6.45, 7) is 5.58. The first-order valence-corrected chi connectivity index (χ1v) is 7.72. The lowest BCUT2D eigenvalue weighted by molar-refractivity contribution is -0.388. The van der Waals surface area contributed by atoms with Crippen LogP contribution in [0.25, 0.3) is 0 Å². The molecule has 1 aromatic carbocycles. The van der Waals surface area contributed by atoms with Crippen molar-refractivity contribution in [2.75, 3.05) is 5.32 Å². The number of nitrogens with one attached hydrogen (secondary N) is 1. The first-order valence-electron chi connectivity index (χ1n) is 7.72. The van der Waals surface area contributed by atoms with Gasteiger partial charge >= 0.3 is 6.18 Å². The number of unbranched alkanes of at least 4 members (excludes halogenated alkanes) is 1. The molecule has 0 aliphatic carbocycles. The Labute approximate surface area is 138 Å². The molecule has 8 heteroatoms. The number of halogens is 3. The molecule has 1 amide bonds. The minimum absolute atomic E-state index is 0.103. The lowest BCUT2D eigenvalue weighted by Gasteiger charge is -2.27. The number of rotatable bonds is 7. The maximum Gasteiger partial charge on any atom is 0.423 e. The monoisotopic (exact) mass is 346 g/mol. The molecule has 0 bridgehead atoms. The molecule has 1 atom stereocenters. The van der Waals surface area contributed by atoms with Crippen LogP contribution in [0.3, 0.4) is 0 Å². The van der Waals surface area contributed by atoms with E-state index in [1.165, 1.54) is 0 Å². The van der Waals surface area contributed by atoms with Gasteiger partial charge in [-0.25, -0.2) is 0 Å². The number of hydrogen-bond donors (Lipinski definition) is 1. The van der Waals surface area contributed by atoms with E-state index < -0.39 is 27.8 Å². The predicted octanol–water partition coefficient (Wildman–Crippen LogP) is 5.16. The van der Waals surface area contributed by atoms with E-state index in [1.807, 2.05) is 13.8 Å². The van der Waals surface area contributed by atoms with Crippen LogP contribution < -0.4 is 5.32 Å². The van der Waals surface area contributed by atoms with Crippen molar-refractivity contribution in [1.29, 1.82) is 0 Å². The molecule has 134 valence electrons. The summed E-state index contributed by atoms with van der Waals surface area (Å²) in [6, 6.07) is 2.47. The smallest absolute Gasteiger partial charge is 0.326 e. The highest BCUT2D eigenvalue weighted by Crippen LogP contribution is 2.38. The van der Waals surface area contributed by atoms with E-state index in [9.17, 15) is 28.1 Å². The quantitative estimate of drug-likeness (QED) is 0.547. The van der Waals surface area contributed by atoms with Crippen LogP contribution >= 0.6 is 0 Å². The Morgan fingerprint density at radius 2 is 1.92 bits per heavy atom. The van der Waals surface area contributed by atoms with Gasteiger partial charge in [0.1, 0.15) is 5.56 Å². The van der Waals surface area contributed by atoms with Crippen molar-refractivity contribution in [1.82, 2.24) is 0 Å². The van der Waals surface area contributed by atoms with Crippen LogP contribution in [-0.2, 0) is 11.0 Å². The Kier molecular flexibility index (Phi) is 6.34. The zero-order valence-electron chi connectivity index (χ0n) is 13.9. The first kappa shape index (κ1) is 19.9. The van der Waals surface area contributed by atoms with Crippen LogP contribution in [0.2, 0.25) is 0 Å². The van der Waals surface area contributed by atoms with Gasteiger partial charge in [-0.15, -0.1) is 0 Å². The summed E-state index contributed by atoms with van der Waals surface area (Å²) in [6.07, 6.45) is -1.99. The molecule has 0 heterocycles. The third-order valence-corrected chi connectivity index (χ3v) is 4.17. The fourth-order valence-electron chi connectivity index (χ4n) is 2.30. The number of anilines is 1. The zero-order valence-corrected chi connectivity index (χ0v) is 13.9. The molecule has 1 N–H and O–H groups in total. The van der Waals surface area contributed by atoms with Crippen molar-refractivity contribution in [2.45, 2.75) is 52.6 Å². The summed E-state index contributed by atoms with van der Waals surface area (Å²) in [4.78, 5) is 22.1. The Bertz CT molecular complexity index is 617. The number of nitro benzene ring substituents is 1. The van der Waals surface area contributed by atoms with E-state index in [-0.39, 0.29) is 11.6 Å². The molecule has 5 nitrogen and oxygen atoms in total. The molecule has 0 radical (unpaired) electrons. The van der Waals surface area contributed by atoms with Gasteiger partial charge in [0.05, 0.1) is 4.92 Å². The summed E-state index contributed by atoms with van der Waals surface area (Å²) in [5.74, 6) is -0.388. The van der Waals surface area contributed by atoms with Gasteiger partial charge in [0.15, 0.2) is 0 Å². The average Bonchev–Trinajstić information content (AvgIpc) is 2.51. The Morgan fingerprint density at radius 1 is 1.29 bits per heavy atom. The lowest BCUT2D eigenvalue weighted by atomic mass is 9.81. The molecule has 0 aliphatic rings. The van der Waals surface area contributed by atoms with Crippen LogP contribution in [0.4, 0.5) is 24.5 Å². The van der Waals surface area contributed by atoms with Crippen LogP contribution in [0, 0.1) is 15.5 Å². The lowest BCUT2D eigenvalue weighted by Crippen LogP contribution is -2.33. The summed E-state index contributed by atoms with van der Waals surface area (Å²) < 4.78 is 38.9. The van der Waals surface area contributed by atoms with Crippen molar-refractivity contribution in [3.05, 3.63) is 33.9 Å². The molecular formula is C16H21F3N2O3. The van der Waals surface area contributed by atoms with E-state index in [0.717, 1.165) is 25.0 Å². The topological polar surface area (TPSA) is 72.2 Å². The molecule has 0 aliphatic heterocycles. The highest BCUT2D eigenvalue weighted by molar-refractivity contribution is 5.95. The highest BCUT2D eigenvalue weighted by atomic mass is 19.4. The van der Waals surface area contributed by atoms with E-state index in [1.54, 1.807) is 6.92 Å². The Morgan fingerprint density at radius 3 is 2.38 bits per heavy atom. The maximum atomic E-state index is 13.0. The number of carbonyl (C=O) groups is 1. The van der Waals surface area contributed by atoms with Gasteiger partial charge in [-0.1, -0.05) is 33.6 Å². The number of amides is 1. The van der Waals surface area contributed by atoms with Crippen LogP contribution in [0.1, 0.15) is 52.0 Å². The fourth-order valence-corrected chi connectivity index (χ4v) is 2.30. The molecular weight excluding hydrogens is 325 g/mol. The van der Waals surface area contributed by atoms with Crippen molar-refractivity contribution in [3.63, 3.8) is 0 Å². The van der Waals surface area contributed by atoms with E-state index in [4.69, 9.17) is 0 Å². The van der Waals surface area contributed by atoms with E-state index in [2.05, 4.69) is 5.32 Å². The van der Waals surface area contributed by atoms with Crippen molar-refractivity contribution < 1.29 is 22.9 Å². The average molecular weight is 346 g/mol. The zero-order chi connectivity index (χ0) is 18.5. The minimum atomic E-state index is -4.88. The number of carbonyl (C=O) groups excluding carboxylic acids is 1. The van der Waals surface area contributed by atoms with Gasteiger partial charge in [0.25, 0.3) is 5.69 Å². The molecule has 0 aromatic heterocycles. The van der Waals surface area contributed by atoms with Gasteiger partial charge < -0.3 is 5.32 Å². The molecule has 1 rings (SSSR count). The number of nitro groups is 1. The van der Waals surface area contributed by atoms with Gasteiger partial charge in [-0.2, -0.15) is 13.2 Å². The largest absolute Gasteiger partial charge is 0.423 e. The molecule has 24 heavy (non-hydrogen) atoms. The predicted molar refractivity (Wildman–Crippen MR) is 84.7 cm³/mol. The van der Waals surface area contributed by atoms with E-state index in [0.29, 0.717) is 18.9 Å². The maximum absolute atomic E-state index is 13.0. The second-order valence-corrected chi connectivity index (χ2v) is 5.96. The van der Waals surface area contributed by atoms with Crippen molar-refractivity contribution in [2.24, 2.45) is 5.41 Å². The highest BCUT2D eigenvalue weighted by Gasteiger charge is 2.39. The van der Waals surface area contributed by atoms with Crippen molar-refractivity contribution in [3.8, 4) is 0 Å². The molecule has 0 saturated heterocycles. The number of hydrogen-bond acceptors (Lipinski definition) is 3. The summed E-state index contributed by atoms with van der Waals surface area (Å²) >= 11 is 0. The second kappa shape index (κ2) is 7.63. The summed E-state index contributed by atoms with van der Waals surface area (Å²) in [7, 11) is 0. The summed E-state index contributed by atoms with van der Waals surface area (Å²) in [5, 5.41) is 13.2. The van der Waals surface area contributed by atoms with Gasteiger partial charge in [-0.05, 0) is 25.0 Å². The van der Waals surface area contributed by atoms with Gasteiger partial charge in [0.2, 0.25) is 5.91 Å². The van der Waals surface area contributed by atoms with Crippen molar-refractivity contribution >= 4 is 17.3 Å². The second-order valence-electron chi connectivity index (χ2n) is 5.96. The van der Waals surface area contributed by atoms with Crippen LogP contribution in [0.15, 0.2) is 18.2 Å². The molecule has 0 spiro atoms.